The van der Waals surface area contributed by atoms with Gasteiger partial charge in [-0.25, -0.2) is 0 Å². The van der Waals surface area contributed by atoms with Crippen LogP contribution in [0.2, 0.25) is 0 Å². The lowest BCUT2D eigenvalue weighted by molar-refractivity contribution is -0.131. The first-order valence-corrected chi connectivity index (χ1v) is 8.37. The van der Waals surface area contributed by atoms with E-state index in [4.69, 9.17) is 0 Å². The van der Waals surface area contributed by atoms with E-state index in [0.29, 0.717) is 13.1 Å². The van der Waals surface area contributed by atoms with Crippen molar-refractivity contribution < 1.29 is 4.79 Å². The first-order valence-electron chi connectivity index (χ1n) is 8.37. The summed E-state index contributed by atoms with van der Waals surface area (Å²) >= 11 is 0. The molecular weight excluding hydrogens is 304 g/mol. The van der Waals surface area contributed by atoms with Crippen molar-refractivity contribution in [2.75, 3.05) is 31.1 Å². The first kappa shape index (κ1) is 16.4. The van der Waals surface area contributed by atoms with Gasteiger partial charge in [0, 0.05) is 31.9 Å². The molecule has 3 rings (SSSR count). The number of aromatic nitrogens is 4. The van der Waals surface area contributed by atoms with Gasteiger partial charge in [0.2, 0.25) is 5.91 Å². The second-order valence-corrected chi connectivity index (χ2v) is 6.34. The SMILES string of the molecule is Cc1ccc(N2CCCN(C(=O)Cn3nc(C)cc3C)CC2)nn1. The molecule has 2 aromatic heterocycles. The van der Waals surface area contributed by atoms with Gasteiger partial charge < -0.3 is 9.80 Å². The third-order valence-corrected chi connectivity index (χ3v) is 4.34. The molecule has 0 radical (unpaired) electrons. The van der Waals surface area contributed by atoms with E-state index in [1.54, 1.807) is 4.68 Å². The van der Waals surface area contributed by atoms with Gasteiger partial charge >= 0.3 is 0 Å². The molecule has 2 aromatic rings. The predicted molar refractivity (Wildman–Crippen MR) is 91.9 cm³/mol. The maximum Gasteiger partial charge on any atom is 0.244 e. The highest BCUT2D eigenvalue weighted by Crippen LogP contribution is 2.13. The fraction of sp³-hybridized carbons (Fsp3) is 0.529. The minimum Gasteiger partial charge on any atom is -0.353 e. The molecule has 1 amide bonds. The van der Waals surface area contributed by atoms with Gasteiger partial charge in [0.05, 0.1) is 11.4 Å². The van der Waals surface area contributed by atoms with E-state index in [-0.39, 0.29) is 5.91 Å². The average molecular weight is 328 g/mol. The van der Waals surface area contributed by atoms with Gasteiger partial charge in [0.1, 0.15) is 6.54 Å². The van der Waals surface area contributed by atoms with E-state index >= 15 is 0 Å². The van der Waals surface area contributed by atoms with E-state index in [0.717, 1.165) is 49.0 Å². The third-order valence-electron chi connectivity index (χ3n) is 4.34. The van der Waals surface area contributed by atoms with E-state index in [9.17, 15) is 4.79 Å². The van der Waals surface area contributed by atoms with Crippen LogP contribution in [0.25, 0.3) is 0 Å². The molecule has 0 saturated carbocycles. The summed E-state index contributed by atoms with van der Waals surface area (Å²) in [4.78, 5) is 16.7. The van der Waals surface area contributed by atoms with Crippen LogP contribution in [0.3, 0.4) is 0 Å². The molecule has 1 saturated heterocycles. The number of rotatable bonds is 3. The van der Waals surface area contributed by atoms with E-state index in [1.165, 1.54) is 0 Å². The zero-order valence-corrected chi connectivity index (χ0v) is 14.6. The van der Waals surface area contributed by atoms with Crippen LogP contribution in [0.4, 0.5) is 5.82 Å². The quantitative estimate of drug-likeness (QED) is 0.850. The Morgan fingerprint density at radius 2 is 1.88 bits per heavy atom. The standard InChI is InChI=1S/C17H24N6O/c1-13-5-6-16(19-18-13)21-7-4-8-22(10-9-21)17(24)12-23-15(3)11-14(2)20-23/h5-6,11H,4,7-10,12H2,1-3H3. The van der Waals surface area contributed by atoms with Crippen LogP contribution in [-0.4, -0.2) is 57.0 Å². The summed E-state index contributed by atoms with van der Waals surface area (Å²) < 4.78 is 1.78. The zero-order valence-electron chi connectivity index (χ0n) is 14.6. The van der Waals surface area contributed by atoms with Gasteiger partial charge in [-0.2, -0.15) is 10.2 Å². The van der Waals surface area contributed by atoms with Crippen LogP contribution >= 0.6 is 0 Å². The van der Waals surface area contributed by atoms with Crippen LogP contribution in [0, 0.1) is 20.8 Å². The molecule has 0 spiro atoms. The Bertz CT molecular complexity index is 708. The monoisotopic (exact) mass is 328 g/mol. The maximum atomic E-state index is 12.6. The van der Waals surface area contributed by atoms with Crippen LogP contribution < -0.4 is 4.90 Å². The van der Waals surface area contributed by atoms with Crippen LogP contribution in [0.15, 0.2) is 18.2 Å². The summed E-state index contributed by atoms with van der Waals surface area (Å²) in [5, 5.41) is 12.8. The van der Waals surface area contributed by atoms with Crippen molar-refractivity contribution in [2.24, 2.45) is 0 Å². The summed E-state index contributed by atoms with van der Waals surface area (Å²) in [5.41, 5.74) is 2.88. The van der Waals surface area contributed by atoms with Crippen molar-refractivity contribution in [3.05, 3.63) is 35.3 Å². The molecule has 1 aliphatic rings. The fourth-order valence-electron chi connectivity index (χ4n) is 3.02. The number of hydrogen-bond donors (Lipinski definition) is 0. The molecule has 7 heteroatoms. The number of hydrogen-bond acceptors (Lipinski definition) is 5. The van der Waals surface area contributed by atoms with Gasteiger partial charge in [-0.1, -0.05) is 0 Å². The molecule has 0 aromatic carbocycles. The first-order chi connectivity index (χ1) is 11.5. The second kappa shape index (κ2) is 6.98. The minimum absolute atomic E-state index is 0.123. The fourth-order valence-corrected chi connectivity index (χ4v) is 3.02. The third kappa shape index (κ3) is 3.72. The summed E-state index contributed by atoms with van der Waals surface area (Å²) in [7, 11) is 0. The number of aryl methyl sites for hydroxylation is 3. The minimum atomic E-state index is 0.123. The lowest BCUT2D eigenvalue weighted by atomic mass is 10.3. The largest absolute Gasteiger partial charge is 0.353 e. The van der Waals surface area contributed by atoms with E-state index in [2.05, 4.69) is 20.2 Å². The van der Waals surface area contributed by atoms with Crippen molar-refractivity contribution in [2.45, 2.75) is 33.7 Å². The van der Waals surface area contributed by atoms with Crippen LogP contribution in [-0.2, 0) is 11.3 Å². The molecule has 7 nitrogen and oxygen atoms in total. The average Bonchev–Trinajstić information content (AvgIpc) is 2.76. The highest BCUT2D eigenvalue weighted by molar-refractivity contribution is 5.76. The van der Waals surface area contributed by atoms with Crippen molar-refractivity contribution in [3.8, 4) is 0 Å². The highest BCUT2D eigenvalue weighted by Gasteiger charge is 2.21. The molecule has 3 heterocycles. The molecule has 1 aliphatic heterocycles. The Kier molecular flexibility index (Phi) is 4.78. The van der Waals surface area contributed by atoms with Crippen LogP contribution in [0.5, 0.6) is 0 Å². The number of anilines is 1. The molecule has 1 fully saturated rings. The summed E-state index contributed by atoms with van der Waals surface area (Å²) in [6.45, 7) is 9.31. The zero-order chi connectivity index (χ0) is 17.1. The lowest BCUT2D eigenvalue weighted by Crippen LogP contribution is -2.37. The Balaban J connectivity index is 1.61. The van der Waals surface area contributed by atoms with Gasteiger partial charge in [-0.15, -0.1) is 5.10 Å². The molecule has 0 bridgehead atoms. The molecule has 0 atom stereocenters. The van der Waals surface area contributed by atoms with E-state index < -0.39 is 0 Å². The predicted octanol–water partition coefficient (Wildman–Crippen LogP) is 1.34. The smallest absolute Gasteiger partial charge is 0.244 e. The van der Waals surface area contributed by atoms with Gasteiger partial charge in [-0.3, -0.25) is 9.48 Å². The molecule has 0 aliphatic carbocycles. The van der Waals surface area contributed by atoms with Crippen molar-refractivity contribution in [3.63, 3.8) is 0 Å². The number of amides is 1. The molecular formula is C17H24N6O. The van der Waals surface area contributed by atoms with E-state index in [1.807, 2.05) is 43.9 Å². The summed E-state index contributed by atoms with van der Waals surface area (Å²) in [5.74, 6) is 1.01. The van der Waals surface area contributed by atoms with Gasteiger partial charge in [-0.05, 0) is 45.4 Å². The van der Waals surface area contributed by atoms with Crippen molar-refractivity contribution in [1.82, 2.24) is 24.9 Å². The molecule has 0 N–H and O–H groups in total. The Morgan fingerprint density at radius 3 is 2.54 bits per heavy atom. The van der Waals surface area contributed by atoms with Gasteiger partial charge in [0.15, 0.2) is 5.82 Å². The number of carbonyl (C=O) groups excluding carboxylic acids is 1. The number of carbonyl (C=O) groups is 1. The molecule has 24 heavy (non-hydrogen) atoms. The van der Waals surface area contributed by atoms with Crippen molar-refractivity contribution in [1.29, 1.82) is 0 Å². The second-order valence-electron chi connectivity index (χ2n) is 6.34. The summed E-state index contributed by atoms with van der Waals surface area (Å²) in [6, 6.07) is 5.96. The van der Waals surface area contributed by atoms with Gasteiger partial charge in [0.25, 0.3) is 0 Å². The molecule has 128 valence electrons. The Labute approximate surface area is 142 Å². The normalized spacial score (nSPS) is 15.5. The highest BCUT2D eigenvalue weighted by atomic mass is 16.2. The Hall–Kier alpha value is -2.44. The maximum absolute atomic E-state index is 12.6. The lowest BCUT2D eigenvalue weighted by Gasteiger charge is -2.22. The molecule has 0 unspecified atom stereocenters. The number of nitrogens with zero attached hydrogens (tertiary/aromatic N) is 6. The topological polar surface area (TPSA) is 67.2 Å². The van der Waals surface area contributed by atoms with Crippen LogP contribution in [0.1, 0.15) is 23.5 Å². The van der Waals surface area contributed by atoms with Crippen molar-refractivity contribution >= 4 is 11.7 Å². The Morgan fingerprint density at radius 1 is 1.04 bits per heavy atom. The summed E-state index contributed by atoms with van der Waals surface area (Å²) in [6.07, 6.45) is 0.929.